The van der Waals surface area contributed by atoms with E-state index in [1.807, 2.05) is 0 Å². The molecule has 0 amide bonds. The van der Waals surface area contributed by atoms with Crippen molar-refractivity contribution in [2.75, 3.05) is 33.0 Å². The van der Waals surface area contributed by atoms with Crippen LogP contribution >= 0.6 is 11.3 Å². The number of rotatable bonds is 22. The number of para-hydroxylation sites is 1. The number of nitrogens with zero attached hydrogens (tertiary/aromatic N) is 1. The molecule has 1 aliphatic heterocycles. The first-order valence-electron chi connectivity index (χ1n) is 20.2. The van der Waals surface area contributed by atoms with Crippen molar-refractivity contribution in [2.45, 2.75) is 162 Å². The molecule has 0 spiro atoms. The highest BCUT2D eigenvalue weighted by Crippen LogP contribution is 2.47. The largest absolute Gasteiger partial charge is 0.493 e. The lowest BCUT2D eigenvalue weighted by Crippen LogP contribution is -2.48. The summed E-state index contributed by atoms with van der Waals surface area (Å²) in [5.74, 6) is 0.846. The van der Waals surface area contributed by atoms with E-state index in [0.717, 1.165) is 102 Å². The van der Waals surface area contributed by atoms with Crippen LogP contribution in [0.25, 0.3) is 10.2 Å². The fourth-order valence-corrected chi connectivity index (χ4v) is 8.52. The van der Waals surface area contributed by atoms with Crippen LogP contribution in [0, 0.1) is 6.92 Å². The fraction of sp³-hybridized carbons (Fsp3) is 0.698. The van der Waals surface area contributed by atoms with Gasteiger partial charge in [-0.05, 0) is 86.1 Å². The summed E-state index contributed by atoms with van der Waals surface area (Å²) < 4.78 is 42.0. The van der Waals surface area contributed by atoms with Gasteiger partial charge in [0.25, 0.3) is 0 Å². The predicted octanol–water partition coefficient (Wildman–Crippen LogP) is 11.9. The monoisotopic (exact) mass is 755 g/mol. The summed E-state index contributed by atoms with van der Waals surface area (Å²) in [6.45, 7) is 25.8. The average molecular weight is 756 g/mol. The molecule has 1 fully saturated rings. The lowest BCUT2D eigenvalue weighted by atomic mass is 9.89. The predicted molar refractivity (Wildman–Crippen MR) is 219 cm³/mol. The van der Waals surface area contributed by atoms with E-state index in [1.54, 1.807) is 11.3 Å². The van der Waals surface area contributed by atoms with E-state index in [-0.39, 0.29) is 29.5 Å². The van der Waals surface area contributed by atoms with Crippen molar-refractivity contribution in [1.29, 1.82) is 0 Å². The van der Waals surface area contributed by atoms with Crippen LogP contribution in [-0.4, -0.2) is 64.6 Å². The Morgan fingerprint density at radius 2 is 1.54 bits per heavy atom. The smallest absolute Gasteiger partial charge is 0.193 e. The van der Waals surface area contributed by atoms with E-state index in [1.165, 1.54) is 0 Å². The molecule has 4 rings (SSSR count). The molecule has 5 atom stereocenters. The van der Waals surface area contributed by atoms with Gasteiger partial charge in [0, 0.05) is 31.8 Å². The van der Waals surface area contributed by atoms with E-state index in [9.17, 15) is 0 Å². The molecule has 1 aliphatic rings. The van der Waals surface area contributed by atoms with E-state index in [4.69, 9.17) is 33.1 Å². The molecular weight excluding hydrogens is 687 g/mol. The van der Waals surface area contributed by atoms with E-state index < -0.39 is 14.4 Å². The number of fused-ring (bicyclic) bond motifs is 1. The Bertz CT molecular complexity index is 1460. The van der Waals surface area contributed by atoms with Crippen molar-refractivity contribution in [1.82, 2.24) is 4.98 Å². The van der Waals surface area contributed by atoms with Crippen LogP contribution in [0.4, 0.5) is 0 Å². The molecule has 7 nitrogen and oxygen atoms in total. The third-order valence-corrected chi connectivity index (χ3v) is 16.1. The van der Waals surface area contributed by atoms with Crippen molar-refractivity contribution >= 4 is 29.9 Å². The summed E-state index contributed by atoms with van der Waals surface area (Å²) in [5, 5.41) is 0.990. The van der Waals surface area contributed by atoms with Crippen LogP contribution < -0.4 is 4.74 Å². The Morgan fingerprint density at radius 3 is 2.21 bits per heavy atom. The van der Waals surface area contributed by atoms with Crippen molar-refractivity contribution in [3.8, 4) is 5.75 Å². The minimum Gasteiger partial charge on any atom is -0.493 e. The molecule has 292 valence electrons. The first-order chi connectivity index (χ1) is 24.9. The second-order valence-corrected chi connectivity index (χ2v) is 21.8. The Hall–Kier alpha value is -1.85. The average Bonchev–Trinajstić information content (AvgIpc) is 3.54. The number of ether oxygens (including phenoxy) is 5. The highest BCUT2D eigenvalue weighted by atomic mass is 32.1. The van der Waals surface area contributed by atoms with Crippen LogP contribution in [-0.2, 0) is 23.4 Å². The topological polar surface area (TPSA) is 68.3 Å². The number of aryl methyl sites for hydroxylation is 1. The van der Waals surface area contributed by atoms with Crippen molar-refractivity contribution in [3.63, 3.8) is 0 Å². The number of hydrogen-bond acceptors (Lipinski definition) is 8. The summed E-state index contributed by atoms with van der Waals surface area (Å²) in [5.41, 5.74) is 4.21. The first-order valence-corrected chi connectivity index (χ1v) is 23.9. The molecule has 52 heavy (non-hydrogen) atoms. The van der Waals surface area contributed by atoms with Gasteiger partial charge in [-0.25, -0.2) is 4.98 Å². The zero-order valence-electron chi connectivity index (χ0n) is 34.1. The fourth-order valence-electron chi connectivity index (χ4n) is 6.24. The summed E-state index contributed by atoms with van der Waals surface area (Å²) in [6.07, 6.45) is 7.73. The maximum atomic E-state index is 7.38. The maximum absolute atomic E-state index is 7.38. The van der Waals surface area contributed by atoms with E-state index >= 15 is 0 Å². The molecule has 9 heteroatoms. The lowest BCUT2D eigenvalue weighted by Gasteiger charge is -2.43. The normalized spacial score (nSPS) is 20.4. The molecule has 0 aliphatic carbocycles. The minimum absolute atomic E-state index is 0.0145. The minimum atomic E-state index is -2.26. The zero-order valence-corrected chi connectivity index (χ0v) is 35.9. The third kappa shape index (κ3) is 11.6. The molecule has 0 radical (unpaired) electrons. The second-order valence-electron chi connectivity index (χ2n) is 16.0. The molecule has 1 saturated heterocycles. The van der Waals surface area contributed by atoms with Crippen LogP contribution in [0.1, 0.15) is 140 Å². The molecule has 2 heterocycles. The third-order valence-electron chi connectivity index (χ3n) is 10.6. The SMILES string of the molecule is CCCCOC[C@@H]1C[C@H](OCCCC)[C@@H](OCCCC)[C@H](c2cc(C(O[Si](C)(C)C(C)(C)C)c3nc4ccccc4s3)c(C)cc2OCCCC)O1. The second kappa shape index (κ2) is 20.7. The molecule has 0 N–H and O–H groups in total. The van der Waals surface area contributed by atoms with Gasteiger partial charge >= 0.3 is 0 Å². The van der Waals surface area contributed by atoms with Crippen LogP contribution in [0.5, 0.6) is 5.75 Å². The van der Waals surface area contributed by atoms with Gasteiger partial charge < -0.3 is 28.1 Å². The van der Waals surface area contributed by atoms with Gasteiger partial charge in [-0.1, -0.05) is 86.3 Å². The van der Waals surface area contributed by atoms with Gasteiger partial charge in [-0.2, -0.15) is 0 Å². The van der Waals surface area contributed by atoms with Crippen LogP contribution in [0.3, 0.4) is 0 Å². The highest BCUT2D eigenvalue weighted by Gasteiger charge is 2.44. The molecule has 2 aromatic carbocycles. The quantitative estimate of drug-likeness (QED) is 0.0747. The summed E-state index contributed by atoms with van der Waals surface area (Å²) >= 11 is 1.72. The van der Waals surface area contributed by atoms with Crippen molar-refractivity contribution in [2.24, 2.45) is 0 Å². The number of benzene rings is 2. The van der Waals surface area contributed by atoms with Gasteiger partial charge in [0.05, 0.1) is 35.6 Å². The van der Waals surface area contributed by atoms with Gasteiger partial charge in [0.2, 0.25) is 0 Å². The molecule has 3 aromatic rings. The van der Waals surface area contributed by atoms with Crippen LogP contribution in [0.15, 0.2) is 36.4 Å². The standard InChI is InChI=1S/C43H69NO6SSi/c1-11-15-23-45-30-32-28-37(47-25-17-13-3)41(48-26-18-14-4)39(49-32)34-29-33(31(5)27-36(34)46-24-16-12-2)40(50-52(9,10)43(6,7)8)42-44-35-21-19-20-22-38(35)51-42/h19-22,27,29,32,37,39-41H,11-18,23-26,28,30H2,1-10H3/t32-,37-,39-,40?,41+/m0/s1. The Kier molecular flexibility index (Phi) is 17.1. The van der Waals surface area contributed by atoms with Crippen LogP contribution in [0.2, 0.25) is 18.1 Å². The molecular formula is C43H69NO6SSi. The van der Waals surface area contributed by atoms with Gasteiger partial charge in [0.1, 0.15) is 29.1 Å². The van der Waals surface area contributed by atoms with Gasteiger partial charge in [0.15, 0.2) is 8.32 Å². The Balaban J connectivity index is 1.89. The van der Waals surface area contributed by atoms with E-state index in [0.29, 0.717) is 26.4 Å². The molecule has 1 aromatic heterocycles. The van der Waals surface area contributed by atoms with Crippen molar-refractivity contribution in [3.05, 3.63) is 58.1 Å². The first kappa shape index (κ1) is 42.9. The summed E-state index contributed by atoms with van der Waals surface area (Å²) in [4.78, 5) is 5.19. The van der Waals surface area contributed by atoms with Gasteiger partial charge in [-0.3, -0.25) is 0 Å². The number of thiazole rings is 1. The zero-order chi connectivity index (χ0) is 37.7. The molecule has 1 unspecified atom stereocenters. The summed E-state index contributed by atoms with van der Waals surface area (Å²) in [7, 11) is -2.26. The molecule has 0 bridgehead atoms. The summed E-state index contributed by atoms with van der Waals surface area (Å²) in [6, 6.07) is 12.9. The lowest BCUT2D eigenvalue weighted by molar-refractivity contribution is -0.213. The van der Waals surface area contributed by atoms with Crippen molar-refractivity contribution < 1.29 is 28.1 Å². The number of aromatic nitrogens is 1. The van der Waals surface area contributed by atoms with E-state index in [2.05, 4.69) is 105 Å². The Morgan fingerprint density at radius 1 is 0.885 bits per heavy atom. The molecule has 0 saturated carbocycles. The highest BCUT2D eigenvalue weighted by molar-refractivity contribution is 7.18. The van der Waals surface area contributed by atoms with Gasteiger partial charge in [-0.15, -0.1) is 11.3 Å². The maximum Gasteiger partial charge on any atom is 0.193 e. The Labute approximate surface area is 320 Å². The number of unbranched alkanes of at least 4 members (excludes halogenated alkanes) is 4. The number of hydrogen-bond donors (Lipinski definition) is 0.